The number of nitrogens with zero attached hydrogens (tertiary/aromatic N) is 4. The Bertz CT molecular complexity index is 1190. The average molecular weight is 525 g/mol. The van der Waals surface area contributed by atoms with Gasteiger partial charge in [-0.05, 0) is 49.5 Å². The van der Waals surface area contributed by atoms with E-state index in [-0.39, 0.29) is 24.3 Å². The summed E-state index contributed by atoms with van der Waals surface area (Å²) in [6, 6.07) is 11.6. The van der Waals surface area contributed by atoms with Crippen LogP contribution < -0.4 is 4.74 Å². The second kappa shape index (κ2) is 10.7. The molecule has 1 unspecified atom stereocenters. The van der Waals surface area contributed by atoms with Gasteiger partial charge in [0.05, 0.1) is 13.7 Å². The van der Waals surface area contributed by atoms with Crippen LogP contribution in [0.5, 0.6) is 5.75 Å². The standard InChI is InChI=1S/C28H33FN4O5/c1-30-14-16-32(17-15-30)27(36)24-19-38-28(33(24)26(35)20-6-8-22(29)9-7-20)10-12-31(13-11-28)25(34)21-4-3-5-23(18-21)37-2/h3-9,18,24H,10-17,19H2,1-2H3. The summed E-state index contributed by atoms with van der Waals surface area (Å²) in [5, 5.41) is 0. The number of amides is 3. The van der Waals surface area contributed by atoms with Crippen LogP contribution in [-0.4, -0.2) is 109 Å². The summed E-state index contributed by atoms with van der Waals surface area (Å²) in [7, 11) is 3.57. The maximum Gasteiger partial charge on any atom is 0.256 e. The number of benzene rings is 2. The normalized spacial score (nSPS) is 21.6. The molecular formula is C28H33FN4O5. The van der Waals surface area contributed by atoms with Crippen LogP contribution in [-0.2, 0) is 9.53 Å². The van der Waals surface area contributed by atoms with Crippen LogP contribution in [0.2, 0.25) is 0 Å². The van der Waals surface area contributed by atoms with E-state index < -0.39 is 17.6 Å². The van der Waals surface area contributed by atoms with E-state index in [0.29, 0.717) is 55.9 Å². The minimum absolute atomic E-state index is 0.0853. The number of ether oxygens (including phenoxy) is 2. The van der Waals surface area contributed by atoms with Gasteiger partial charge in [-0.25, -0.2) is 4.39 Å². The minimum Gasteiger partial charge on any atom is -0.497 e. The Hall–Kier alpha value is -3.50. The summed E-state index contributed by atoms with van der Waals surface area (Å²) in [6.07, 6.45) is 0.727. The van der Waals surface area contributed by atoms with Gasteiger partial charge in [-0.3, -0.25) is 19.3 Å². The lowest BCUT2D eigenvalue weighted by molar-refractivity contribution is -0.139. The van der Waals surface area contributed by atoms with E-state index in [1.807, 2.05) is 7.05 Å². The number of halogens is 1. The molecule has 3 heterocycles. The molecule has 3 saturated heterocycles. The van der Waals surface area contributed by atoms with E-state index in [1.165, 1.54) is 24.3 Å². The van der Waals surface area contributed by atoms with Gasteiger partial charge in [0.25, 0.3) is 11.8 Å². The molecule has 0 N–H and O–H groups in total. The predicted octanol–water partition coefficient (Wildman–Crippen LogP) is 2.08. The molecule has 1 atom stereocenters. The third kappa shape index (κ3) is 4.98. The van der Waals surface area contributed by atoms with Crippen molar-refractivity contribution in [1.29, 1.82) is 0 Å². The van der Waals surface area contributed by atoms with Crippen LogP contribution in [0.25, 0.3) is 0 Å². The number of rotatable bonds is 4. The summed E-state index contributed by atoms with van der Waals surface area (Å²) < 4.78 is 25.1. The molecule has 2 aromatic rings. The molecule has 5 rings (SSSR count). The maximum atomic E-state index is 13.8. The first-order chi connectivity index (χ1) is 18.3. The fourth-order valence-corrected chi connectivity index (χ4v) is 5.52. The van der Waals surface area contributed by atoms with Crippen LogP contribution in [0.3, 0.4) is 0 Å². The summed E-state index contributed by atoms with van der Waals surface area (Å²) in [4.78, 5) is 47.9. The third-order valence-corrected chi connectivity index (χ3v) is 7.82. The molecule has 10 heteroatoms. The van der Waals surface area contributed by atoms with Gasteiger partial charge in [-0.15, -0.1) is 0 Å². The van der Waals surface area contributed by atoms with Gasteiger partial charge >= 0.3 is 0 Å². The zero-order valence-corrected chi connectivity index (χ0v) is 21.8. The quantitative estimate of drug-likeness (QED) is 0.609. The lowest BCUT2D eigenvalue weighted by atomic mass is 9.96. The lowest BCUT2D eigenvalue weighted by Gasteiger charge is -2.45. The highest BCUT2D eigenvalue weighted by Gasteiger charge is 2.55. The van der Waals surface area contributed by atoms with Gasteiger partial charge in [-0.1, -0.05) is 6.07 Å². The van der Waals surface area contributed by atoms with Crippen LogP contribution in [0.1, 0.15) is 33.6 Å². The largest absolute Gasteiger partial charge is 0.497 e. The number of methoxy groups -OCH3 is 1. The van der Waals surface area contributed by atoms with Gasteiger partial charge < -0.3 is 24.2 Å². The van der Waals surface area contributed by atoms with Gasteiger partial charge in [0.15, 0.2) is 0 Å². The van der Waals surface area contributed by atoms with Gasteiger partial charge in [0, 0.05) is 63.2 Å². The second-order valence-electron chi connectivity index (χ2n) is 10.1. The monoisotopic (exact) mass is 524 g/mol. The predicted molar refractivity (Wildman–Crippen MR) is 137 cm³/mol. The molecule has 0 aromatic heterocycles. The van der Waals surface area contributed by atoms with E-state index in [4.69, 9.17) is 9.47 Å². The zero-order chi connectivity index (χ0) is 26.9. The maximum absolute atomic E-state index is 13.8. The molecule has 3 amide bonds. The summed E-state index contributed by atoms with van der Waals surface area (Å²) >= 11 is 0. The highest BCUT2D eigenvalue weighted by Crippen LogP contribution is 2.39. The van der Waals surface area contributed by atoms with Crippen molar-refractivity contribution in [3.05, 3.63) is 65.5 Å². The highest BCUT2D eigenvalue weighted by atomic mass is 19.1. The lowest BCUT2D eigenvalue weighted by Crippen LogP contribution is -2.61. The highest BCUT2D eigenvalue weighted by molar-refractivity contribution is 5.98. The second-order valence-corrected chi connectivity index (χ2v) is 10.1. The summed E-state index contributed by atoms with van der Waals surface area (Å²) in [5.74, 6) is -0.478. The van der Waals surface area contributed by atoms with Crippen LogP contribution >= 0.6 is 0 Å². The molecule has 0 bridgehead atoms. The van der Waals surface area contributed by atoms with E-state index >= 15 is 0 Å². The molecule has 3 aliphatic heterocycles. The molecule has 1 spiro atoms. The van der Waals surface area contributed by atoms with Crippen LogP contribution in [0.15, 0.2) is 48.5 Å². The van der Waals surface area contributed by atoms with Gasteiger partial charge in [0.1, 0.15) is 23.3 Å². The molecule has 3 aliphatic rings. The van der Waals surface area contributed by atoms with E-state index in [9.17, 15) is 18.8 Å². The SMILES string of the molecule is COc1cccc(C(=O)N2CCC3(CC2)OCC(C(=O)N2CCN(C)CC2)N3C(=O)c2ccc(F)cc2)c1. The fourth-order valence-electron chi connectivity index (χ4n) is 5.52. The van der Waals surface area contributed by atoms with Crippen LogP contribution in [0, 0.1) is 5.82 Å². The number of piperidine rings is 1. The van der Waals surface area contributed by atoms with Gasteiger partial charge in [-0.2, -0.15) is 0 Å². The number of likely N-dealkylation sites (N-methyl/N-ethyl adjacent to an activating group) is 1. The summed E-state index contributed by atoms with van der Waals surface area (Å²) in [6.45, 7) is 3.50. The molecular weight excluding hydrogens is 491 g/mol. The topological polar surface area (TPSA) is 82.6 Å². The molecule has 38 heavy (non-hydrogen) atoms. The fraction of sp³-hybridized carbons (Fsp3) is 0.464. The molecule has 0 radical (unpaired) electrons. The van der Waals surface area contributed by atoms with E-state index in [1.54, 1.807) is 46.1 Å². The first-order valence-corrected chi connectivity index (χ1v) is 13.0. The Morgan fingerprint density at radius 1 is 0.895 bits per heavy atom. The van der Waals surface area contributed by atoms with E-state index in [2.05, 4.69) is 4.90 Å². The van der Waals surface area contributed by atoms with Crippen molar-refractivity contribution in [2.75, 3.05) is 60.0 Å². The Balaban J connectivity index is 1.38. The van der Waals surface area contributed by atoms with Crippen molar-refractivity contribution in [2.45, 2.75) is 24.6 Å². The Morgan fingerprint density at radius 3 is 2.24 bits per heavy atom. The first-order valence-electron chi connectivity index (χ1n) is 13.0. The molecule has 0 aliphatic carbocycles. The number of hydrogen-bond acceptors (Lipinski definition) is 6. The Labute approximate surface area is 221 Å². The summed E-state index contributed by atoms with van der Waals surface area (Å²) in [5.41, 5.74) is -0.207. The minimum atomic E-state index is -1.02. The van der Waals surface area contributed by atoms with Crippen molar-refractivity contribution >= 4 is 17.7 Å². The molecule has 2 aromatic carbocycles. The van der Waals surface area contributed by atoms with Crippen molar-refractivity contribution < 1.29 is 28.2 Å². The molecule has 9 nitrogen and oxygen atoms in total. The first kappa shape index (κ1) is 26.1. The number of carbonyl (C=O) groups excluding carboxylic acids is 3. The van der Waals surface area contributed by atoms with Crippen molar-refractivity contribution in [1.82, 2.24) is 19.6 Å². The van der Waals surface area contributed by atoms with Gasteiger partial charge in [0.2, 0.25) is 5.91 Å². The molecule has 0 saturated carbocycles. The Morgan fingerprint density at radius 2 is 1.58 bits per heavy atom. The molecule has 3 fully saturated rings. The number of piperazine rings is 1. The van der Waals surface area contributed by atoms with Crippen molar-refractivity contribution in [3.8, 4) is 5.75 Å². The van der Waals surface area contributed by atoms with Crippen molar-refractivity contribution in [3.63, 3.8) is 0 Å². The van der Waals surface area contributed by atoms with Crippen molar-refractivity contribution in [2.24, 2.45) is 0 Å². The van der Waals surface area contributed by atoms with E-state index in [0.717, 1.165) is 13.1 Å². The Kier molecular flexibility index (Phi) is 7.36. The zero-order valence-electron chi connectivity index (χ0n) is 21.8. The van der Waals surface area contributed by atoms with Crippen LogP contribution in [0.4, 0.5) is 4.39 Å². The molecule has 202 valence electrons. The average Bonchev–Trinajstić information content (AvgIpc) is 3.31. The number of carbonyl (C=O) groups is 3. The smallest absolute Gasteiger partial charge is 0.256 e. The third-order valence-electron chi connectivity index (χ3n) is 7.82. The number of hydrogen-bond donors (Lipinski definition) is 0. The number of likely N-dealkylation sites (tertiary alicyclic amines) is 1.